The van der Waals surface area contributed by atoms with Crippen molar-refractivity contribution in [3.05, 3.63) is 29.9 Å². The van der Waals surface area contributed by atoms with E-state index >= 15 is 0 Å². The fourth-order valence-electron chi connectivity index (χ4n) is 1.52. The maximum absolute atomic E-state index is 11.8. The van der Waals surface area contributed by atoms with Gasteiger partial charge in [-0.25, -0.2) is 0 Å². The summed E-state index contributed by atoms with van der Waals surface area (Å²) in [7, 11) is 1.88. The van der Waals surface area contributed by atoms with Crippen LogP contribution in [0.15, 0.2) is 29.4 Å². The molecule has 1 aromatic rings. The van der Waals surface area contributed by atoms with Crippen LogP contribution in [0.25, 0.3) is 0 Å². The number of pyridine rings is 1. The molecular formula is C11H15N3O. The summed E-state index contributed by atoms with van der Waals surface area (Å²) in [6.07, 6.45) is 1.88. The first kappa shape index (κ1) is 10.1. The van der Waals surface area contributed by atoms with Gasteiger partial charge in [-0.3, -0.25) is 4.79 Å². The average molecular weight is 205 g/mol. The molecule has 1 N–H and O–H groups in total. The number of nitrogens with one attached hydrogen (secondary N) is 1. The molecule has 80 valence electrons. The number of nitrogens with zero attached hydrogens (tertiary/aromatic N) is 2. The van der Waals surface area contributed by atoms with E-state index in [1.54, 1.807) is 0 Å². The Balaban J connectivity index is 2.31. The van der Waals surface area contributed by atoms with Crippen molar-refractivity contribution in [2.45, 2.75) is 6.92 Å². The highest BCUT2D eigenvalue weighted by Gasteiger charge is 2.39. The molecule has 2 heterocycles. The van der Waals surface area contributed by atoms with Crippen LogP contribution >= 0.6 is 0 Å². The van der Waals surface area contributed by atoms with Crippen molar-refractivity contribution in [1.82, 2.24) is 9.88 Å². The van der Waals surface area contributed by atoms with E-state index in [4.69, 9.17) is 0 Å². The Kier molecular flexibility index (Phi) is 2.44. The number of carbonyl (C=O) groups is 1. The third-order valence-electron chi connectivity index (χ3n) is 2.79. The summed E-state index contributed by atoms with van der Waals surface area (Å²) >= 11 is 0. The predicted octanol–water partition coefficient (Wildman–Crippen LogP) is 0.0619. The number of hydrogen-bond donors (Lipinski definition) is 1. The Morgan fingerprint density at radius 2 is 2.27 bits per heavy atom. The second-order valence-corrected chi connectivity index (χ2v) is 4.25. The van der Waals surface area contributed by atoms with Gasteiger partial charge in [0.1, 0.15) is 5.49 Å². The van der Waals surface area contributed by atoms with Crippen molar-refractivity contribution < 1.29 is 4.79 Å². The second-order valence-electron chi connectivity index (χ2n) is 4.25. The molecule has 1 aliphatic rings. The van der Waals surface area contributed by atoms with Crippen LogP contribution in [0.1, 0.15) is 6.92 Å². The molecule has 4 heteroatoms. The Morgan fingerprint density at radius 3 is 2.80 bits per heavy atom. The molecule has 2 rings (SSSR count). The number of hydrogen-bond acceptors (Lipinski definition) is 2. The van der Waals surface area contributed by atoms with E-state index in [0.29, 0.717) is 5.49 Å². The van der Waals surface area contributed by atoms with E-state index in [9.17, 15) is 4.79 Å². The lowest BCUT2D eigenvalue weighted by molar-refractivity contribution is -0.129. The zero-order valence-corrected chi connectivity index (χ0v) is 9.03. The maximum atomic E-state index is 11.8. The molecule has 0 bridgehead atoms. The summed E-state index contributed by atoms with van der Waals surface area (Å²) in [6, 6.07) is 5.64. The first-order valence-corrected chi connectivity index (χ1v) is 5.03. The van der Waals surface area contributed by atoms with E-state index in [0.717, 1.165) is 13.1 Å². The standard InChI is InChI=1S/C11H15N3O/c1-11(7-12-8-11)10(15)13-9-5-3-4-6-14(9)2/h3-6,12H,7-8H2,1-2H3/b13-9+. The summed E-state index contributed by atoms with van der Waals surface area (Å²) in [5.41, 5.74) is 0.402. The molecule has 0 unspecified atom stereocenters. The molecular weight excluding hydrogens is 190 g/mol. The van der Waals surface area contributed by atoms with Crippen molar-refractivity contribution in [3.8, 4) is 0 Å². The highest BCUT2D eigenvalue weighted by Crippen LogP contribution is 2.22. The first-order chi connectivity index (χ1) is 7.12. The molecule has 0 aliphatic carbocycles. The molecule has 4 nitrogen and oxygen atoms in total. The monoisotopic (exact) mass is 205 g/mol. The van der Waals surface area contributed by atoms with E-state index in [2.05, 4.69) is 10.3 Å². The van der Waals surface area contributed by atoms with Crippen molar-refractivity contribution in [2.75, 3.05) is 13.1 Å². The minimum Gasteiger partial charge on any atom is -0.336 e. The lowest BCUT2D eigenvalue weighted by atomic mass is 9.83. The molecule has 0 spiro atoms. The van der Waals surface area contributed by atoms with E-state index in [1.165, 1.54) is 0 Å². The van der Waals surface area contributed by atoms with Crippen LogP contribution in [0, 0.1) is 5.41 Å². The van der Waals surface area contributed by atoms with Gasteiger partial charge in [-0.1, -0.05) is 6.07 Å². The van der Waals surface area contributed by atoms with Gasteiger partial charge < -0.3 is 9.88 Å². The molecule has 15 heavy (non-hydrogen) atoms. The van der Waals surface area contributed by atoms with Gasteiger partial charge in [0.05, 0.1) is 5.41 Å². The fraction of sp³-hybridized carbons (Fsp3) is 0.455. The van der Waals surface area contributed by atoms with Gasteiger partial charge >= 0.3 is 0 Å². The number of aromatic nitrogens is 1. The van der Waals surface area contributed by atoms with Crippen LogP contribution in [0.4, 0.5) is 0 Å². The molecule has 0 saturated carbocycles. The van der Waals surface area contributed by atoms with E-state index in [-0.39, 0.29) is 11.3 Å². The highest BCUT2D eigenvalue weighted by molar-refractivity contribution is 5.84. The maximum Gasteiger partial charge on any atom is 0.256 e. The summed E-state index contributed by atoms with van der Waals surface area (Å²) < 4.78 is 1.84. The molecule has 1 fully saturated rings. The lowest BCUT2D eigenvalue weighted by Crippen LogP contribution is -2.56. The quantitative estimate of drug-likeness (QED) is 0.705. The Bertz CT molecular complexity index is 443. The summed E-state index contributed by atoms with van der Waals surface area (Å²) in [6.45, 7) is 3.40. The minimum atomic E-state index is -0.303. The zero-order chi connectivity index (χ0) is 10.9. The van der Waals surface area contributed by atoms with Crippen molar-refractivity contribution >= 4 is 5.91 Å². The largest absolute Gasteiger partial charge is 0.336 e. The van der Waals surface area contributed by atoms with Crippen molar-refractivity contribution in [3.63, 3.8) is 0 Å². The van der Waals surface area contributed by atoms with Crippen LogP contribution in [0.5, 0.6) is 0 Å². The first-order valence-electron chi connectivity index (χ1n) is 5.03. The van der Waals surface area contributed by atoms with Crippen LogP contribution in [0.2, 0.25) is 0 Å². The summed E-state index contributed by atoms with van der Waals surface area (Å²) in [5, 5.41) is 3.10. The van der Waals surface area contributed by atoms with Crippen molar-refractivity contribution in [2.24, 2.45) is 17.5 Å². The number of amides is 1. The lowest BCUT2D eigenvalue weighted by Gasteiger charge is -2.35. The second kappa shape index (κ2) is 3.62. The van der Waals surface area contributed by atoms with E-state index < -0.39 is 0 Å². The van der Waals surface area contributed by atoms with Gasteiger partial charge in [0.2, 0.25) is 0 Å². The third kappa shape index (κ3) is 1.85. The molecule has 1 saturated heterocycles. The third-order valence-corrected chi connectivity index (χ3v) is 2.79. The normalized spacial score (nSPS) is 19.7. The van der Waals surface area contributed by atoms with Gasteiger partial charge in [-0.05, 0) is 19.1 Å². The van der Waals surface area contributed by atoms with Crippen molar-refractivity contribution in [1.29, 1.82) is 0 Å². The van der Waals surface area contributed by atoms with Crippen LogP contribution in [0.3, 0.4) is 0 Å². The minimum absolute atomic E-state index is 0.0388. The molecule has 1 amide bonds. The van der Waals surface area contributed by atoms with Crippen LogP contribution < -0.4 is 10.8 Å². The van der Waals surface area contributed by atoms with Crippen LogP contribution in [-0.2, 0) is 11.8 Å². The van der Waals surface area contributed by atoms with Crippen LogP contribution in [-0.4, -0.2) is 23.6 Å². The molecule has 1 aliphatic heterocycles. The summed E-state index contributed by atoms with van der Waals surface area (Å²) in [5.74, 6) is -0.0388. The fourth-order valence-corrected chi connectivity index (χ4v) is 1.52. The van der Waals surface area contributed by atoms with Gasteiger partial charge in [0, 0.05) is 26.3 Å². The Hall–Kier alpha value is -1.42. The molecule has 0 aromatic carbocycles. The van der Waals surface area contributed by atoms with Gasteiger partial charge in [-0.2, -0.15) is 4.99 Å². The van der Waals surface area contributed by atoms with E-state index in [1.807, 2.05) is 42.9 Å². The number of carbonyl (C=O) groups excluding carboxylic acids is 1. The Morgan fingerprint density at radius 1 is 1.53 bits per heavy atom. The zero-order valence-electron chi connectivity index (χ0n) is 9.03. The van der Waals surface area contributed by atoms with Gasteiger partial charge in [0.25, 0.3) is 5.91 Å². The number of rotatable bonds is 1. The molecule has 1 aromatic heterocycles. The van der Waals surface area contributed by atoms with Gasteiger partial charge in [-0.15, -0.1) is 0 Å². The number of aryl methyl sites for hydroxylation is 1. The Labute approximate surface area is 88.7 Å². The smallest absolute Gasteiger partial charge is 0.256 e. The molecule has 0 atom stereocenters. The summed E-state index contributed by atoms with van der Waals surface area (Å²) in [4.78, 5) is 16.0. The highest BCUT2D eigenvalue weighted by atomic mass is 16.1. The van der Waals surface area contributed by atoms with Gasteiger partial charge in [0.15, 0.2) is 0 Å². The topological polar surface area (TPSA) is 46.4 Å². The molecule has 0 radical (unpaired) electrons. The average Bonchev–Trinajstić information content (AvgIpc) is 2.18. The predicted molar refractivity (Wildman–Crippen MR) is 57.0 cm³/mol. The SMILES string of the molecule is Cn1cccc/c1=N\C(=O)C1(C)CNC1.